The summed E-state index contributed by atoms with van der Waals surface area (Å²) in [5, 5.41) is 6.40. The van der Waals surface area contributed by atoms with Gasteiger partial charge in [0.05, 0.1) is 46.2 Å². The highest BCUT2D eigenvalue weighted by Gasteiger charge is 2.28. The minimum Gasteiger partial charge on any atom is -0.342 e. The molecule has 7 rings (SSSR count). The average Bonchev–Trinajstić information content (AvgIpc) is 3.58. The lowest BCUT2D eigenvalue weighted by Crippen LogP contribution is -2.58. The highest BCUT2D eigenvalue weighted by molar-refractivity contribution is 6.31. The third-order valence-electron chi connectivity index (χ3n) is 6.88. The van der Waals surface area contributed by atoms with Gasteiger partial charge in [-0.1, -0.05) is 34.8 Å². The van der Waals surface area contributed by atoms with E-state index in [1.807, 2.05) is 54.6 Å². The molecule has 4 heterocycles. The summed E-state index contributed by atoms with van der Waals surface area (Å²) in [7, 11) is 0. The molecule has 0 amide bonds. The number of imidazole rings is 3. The number of aromatic nitrogens is 6. The number of hydrogen-bond donors (Lipinski definition) is 4. The van der Waals surface area contributed by atoms with E-state index in [1.165, 1.54) is 0 Å². The summed E-state index contributed by atoms with van der Waals surface area (Å²) in [5.41, 5.74) is 9.04. The number of nitrogens with one attached hydrogen (secondary N) is 4. The normalized spacial score (nSPS) is 15.8. The number of rotatable bonds is 6. The number of halogens is 3. The minimum absolute atomic E-state index is 0.292. The topological polar surface area (TPSA) is 105 Å². The van der Waals surface area contributed by atoms with Crippen LogP contribution in [0.1, 0.15) is 17.5 Å². The first kappa shape index (κ1) is 24.8. The van der Waals surface area contributed by atoms with E-state index in [1.54, 1.807) is 0 Å². The molecule has 0 radical (unpaired) electrons. The largest absolute Gasteiger partial charge is 0.342 e. The molecule has 0 saturated carbocycles. The Hall–Kier alpha value is -3.18. The van der Waals surface area contributed by atoms with Crippen molar-refractivity contribution in [3.63, 3.8) is 0 Å². The van der Waals surface area contributed by atoms with Gasteiger partial charge >= 0.3 is 0 Å². The van der Waals surface area contributed by atoms with Crippen LogP contribution in [0.5, 0.6) is 0 Å². The molecule has 0 unspecified atom stereocenters. The van der Waals surface area contributed by atoms with Crippen LogP contribution < -0.4 is 5.53 Å². The summed E-state index contributed by atoms with van der Waals surface area (Å²) >= 11 is 18.5. The van der Waals surface area contributed by atoms with Gasteiger partial charge < -0.3 is 15.0 Å². The van der Waals surface area contributed by atoms with E-state index >= 15 is 0 Å². The van der Waals surface area contributed by atoms with Crippen molar-refractivity contribution in [1.29, 1.82) is 0 Å². The van der Waals surface area contributed by atoms with E-state index < -0.39 is 0 Å². The molecule has 9 nitrogen and oxygen atoms in total. The molecule has 0 spiro atoms. The van der Waals surface area contributed by atoms with Crippen molar-refractivity contribution in [3.8, 4) is 0 Å². The van der Waals surface area contributed by atoms with Crippen LogP contribution in [0.2, 0.25) is 15.1 Å². The zero-order valence-corrected chi connectivity index (χ0v) is 22.9. The lowest BCUT2D eigenvalue weighted by Gasteiger charge is -2.40. The second-order valence-corrected chi connectivity index (χ2v) is 11.3. The Labute approximate surface area is 238 Å². The molecule has 12 heteroatoms. The Balaban J connectivity index is 1.14. The van der Waals surface area contributed by atoms with Gasteiger partial charge in [-0.15, -0.1) is 0 Å². The first-order valence-corrected chi connectivity index (χ1v) is 13.8. The van der Waals surface area contributed by atoms with E-state index in [4.69, 9.17) is 49.8 Å². The van der Waals surface area contributed by atoms with Gasteiger partial charge in [0, 0.05) is 34.6 Å². The third-order valence-corrected chi connectivity index (χ3v) is 7.59. The van der Waals surface area contributed by atoms with Gasteiger partial charge in [-0.05, 0) is 60.5 Å². The number of benzene rings is 3. The molecule has 1 saturated heterocycles. The van der Waals surface area contributed by atoms with Crippen molar-refractivity contribution in [2.24, 2.45) is 5.92 Å². The van der Waals surface area contributed by atoms with Gasteiger partial charge in [0.15, 0.2) is 0 Å². The number of H-pyrrole nitrogens is 3. The van der Waals surface area contributed by atoms with Crippen LogP contribution in [-0.2, 0) is 19.5 Å². The second-order valence-electron chi connectivity index (χ2n) is 9.97. The van der Waals surface area contributed by atoms with Crippen molar-refractivity contribution in [1.82, 2.24) is 45.5 Å². The Morgan fingerprint density at radius 1 is 0.615 bits per heavy atom. The van der Waals surface area contributed by atoms with Crippen LogP contribution in [0, 0.1) is 5.92 Å². The summed E-state index contributed by atoms with van der Waals surface area (Å²) in [6.45, 7) is 2.79. The molecule has 3 aromatic heterocycles. The first-order chi connectivity index (χ1) is 18.9. The summed E-state index contributed by atoms with van der Waals surface area (Å²) in [5.74, 6) is 2.95. The third kappa shape index (κ3) is 5.34. The van der Waals surface area contributed by atoms with Crippen LogP contribution in [0.15, 0.2) is 54.6 Å². The smallest absolute Gasteiger partial charge is 0.122 e. The first-order valence-electron chi connectivity index (χ1n) is 12.6. The summed E-state index contributed by atoms with van der Waals surface area (Å²) in [6, 6.07) is 17.1. The van der Waals surface area contributed by atoms with E-state index in [-0.39, 0.29) is 0 Å². The molecule has 1 aliphatic rings. The summed E-state index contributed by atoms with van der Waals surface area (Å²) in [4.78, 5) is 24.6. The zero-order valence-electron chi connectivity index (χ0n) is 20.7. The number of nitrogens with zero attached hydrogens (tertiary/aromatic N) is 5. The van der Waals surface area contributed by atoms with Crippen LogP contribution in [0.25, 0.3) is 33.1 Å². The fraction of sp³-hybridized carbons (Fsp3) is 0.222. The van der Waals surface area contributed by atoms with Crippen molar-refractivity contribution in [2.75, 3.05) is 13.1 Å². The molecule has 198 valence electrons. The molecule has 4 N–H and O–H groups in total. The molecule has 3 aromatic carbocycles. The van der Waals surface area contributed by atoms with E-state index in [9.17, 15) is 0 Å². The highest BCUT2D eigenvalue weighted by atomic mass is 35.5. The van der Waals surface area contributed by atoms with Gasteiger partial charge in [0.2, 0.25) is 0 Å². The number of aromatic amines is 3. The summed E-state index contributed by atoms with van der Waals surface area (Å²) < 4.78 is 0. The van der Waals surface area contributed by atoms with Gasteiger partial charge in [0.1, 0.15) is 17.5 Å². The second kappa shape index (κ2) is 10.1. The van der Waals surface area contributed by atoms with Crippen LogP contribution in [0.4, 0.5) is 0 Å². The van der Waals surface area contributed by atoms with Crippen LogP contribution in [-0.4, -0.2) is 53.0 Å². The average molecular weight is 581 g/mol. The predicted molar refractivity (Wildman–Crippen MR) is 154 cm³/mol. The zero-order chi connectivity index (χ0) is 26.5. The number of fused-ring (bicyclic) bond motifs is 3. The maximum Gasteiger partial charge on any atom is 0.122 e. The van der Waals surface area contributed by atoms with E-state index in [0.717, 1.165) is 70.1 Å². The Bertz CT molecular complexity index is 1590. The summed E-state index contributed by atoms with van der Waals surface area (Å²) in [6.07, 6.45) is 0.784. The minimum atomic E-state index is 0.292. The van der Waals surface area contributed by atoms with Gasteiger partial charge in [-0.25, -0.2) is 25.0 Å². The van der Waals surface area contributed by atoms with Gasteiger partial charge in [-0.3, -0.25) is 0 Å². The molecule has 1 aliphatic heterocycles. The van der Waals surface area contributed by atoms with Crippen molar-refractivity contribution in [3.05, 3.63) is 87.1 Å². The molecule has 0 atom stereocenters. The fourth-order valence-electron chi connectivity index (χ4n) is 5.28. The van der Waals surface area contributed by atoms with Gasteiger partial charge in [0.25, 0.3) is 0 Å². The SMILES string of the molecule is Clc1ccc2nc(CC3CN(Cc4nc5ccc(Cl)cc5[nH]4)NN(Cc4nc5ccc(Cl)cc5[nH]4)C3)[nH]c2c1. The van der Waals surface area contributed by atoms with Crippen LogP contribution >= 0.6 is 34.8 Å². The predicted octanol–water partition coefficient (Wildman–Crippen LogP) is 5.87. The quantitative estimate of drug-likeness (QED) is 0.196. The number of hydrogen-bond acceptors (Lipinski definition) is 6. The lowest BCUT2D eigenvalue weighted by atomic mass is 10.0. The molecule has 0 bridgehead atoms. The Morgan fingerprint density at radius 2 is 1.03 bits per heavy atom. The van der Waals surface area contributed by atoms with Crippen molar-refractivity contribution >= 4 is 67.9 Å². The molecule has 39 heavy (non-hydrogen) atoms. The van der Waals surface area contributed by atoms with Crippen molar-refractivity contribution < 1.29 is 0 Å². The number of hydrazine groups is 2. The molecule has 1 fully saturated rings. The van der Waals surface area contributed by atoms with Crippen LogP contribution in [0.3, 0.4) is 0 Å². The fourth-order valence-corrected chi connectivity index (χ4v) is 5.79. The van der Waals surface area contributed by atoms with E-state index in [2.05, 4.69) is 30.5 Å². The molecule has 6 aromatic rings. The van der Waals surface area contributed by atoms with Crippen molar-refractivity contribution in [2.45, 2.75) is 19.5 Å². The monoisotopic (exact) mass is 579 g/mol. The Kier molecular flexibility index (Phi) is 6.43. The molecular formula is C27H24Cl3N9. The highest BCUT2D eigenvalue weighted by Crippen LogP contribution is 2.23. The standard InChI is InChI=1S/C27H24Cl3N9/c28-16-1-4-19-22(8-16)34-25(31-19)7-15-11-38(13-26-32-20-5-2-17(29)9-23(20)35-26)37-39(12-15)14-27-33-21-6-3-18(30)10-24(21)36-27/h1-6,8-10,15,37H,7,11-14H2,(H,31,34)(H,32,35)(H,33,36). The van der Waals surface area contributed by atoms with E-state index in [0.29, 0.717) is 34.1 Å². The maximum absolute atomic E-state index is 6.19. The lowest BCUT2D eigenvalue weighted by molar-refractivity contribution is -0.0564. The molecular weight excluding hydrogens is 557 g/mol. The molecule has 0 aliphatic carbocycles. The maximum atomic E-state index is 6.19. The Morgan fingerprint density at radius 3 is 1.49 bits per heavy atom. The van der Waals surface area contributed by atoms with Gasteiger partial charge in [-0.2, -0.15) is 5.53 Å².